The number of hydrogen-bond acceptors (Lipinski definition) is 6. The number of carbonyl (C=O) groups is 1. The number of benzene rings is 2. The minimum atomic E-state index is -4.48. The number of aromatic nitrogens is 1. The summed E-state index contributed by atoms with van der Waals surface area (Å²) in [6, 6.07) is 15.0. The van der Waals surface area contributed by atoms with E-state index in [1.807, 2.05) is 24.3 Å². The monoisotopic (exact) mass is 580 g/mol. The molecule has 0 saturated carbocycles. The Balaban J connectivity index is 1.60. The van der Waals surface area contributed by atoms with Crippen molar-refractivity contribution in [2.75, 3.05) is 6.61 Å². The summed E-state index contributed by atoms with van der Waals surface area (Å²) in [5.74, 6) is 0.292. The zero-order valence-corrected chi connectivity index (χ0v) is 23.6. The number of rotatable bonds is 6. The lowest BCUT2D eigenvalue weighted by Gasteiger charge is -2.25. The number of fused-ring (bicyclic) bond motifs is 1. The molecule has 1 aliphatic heterocycles. The molecule has 5 rings (SSSR count). The highest BCUT2D eigenvalue weighted by Gasteiger charge is 2.33. The second kappa shape index (κ2) is 11.0. The van der Waals surface area contributed by atoms with Crippen molar-refractivity contribution in [1.82, 2.24) is 4.57 Å². The summed E-state index contributed by atoms with van der Waals surface area (Å²) in [6.45, 7) is 7.77. The van der Waals surface area contributed by atoms with Gasteiger partial charge in [-0.3, -0.25) is 9.36 Å². The molecule has 41 heavy (non-hydrogen) atoms. The third kappa shape index (κ3) is 5.56. The minimum Gasteiger partial charge on any atom is -0.463 e. The van der Waals surface area contributed by atoms with Gasteiger partial charge in [0.1, 0.15) is 11.5 Å². The molecule has 1 atom stereocenters. The molecule has 0 spiro atoms. The molecule has 0 bridgehead atoms. The molecular weight excluding hydrogens is 553 g/mol. The zero-order chi connectivity index (χ0) is 29.5. The fourth-order valence-electron chi connectivity index (χ4n) is 4.73. The maximum absolute atomic E-state index is 13.8. The highest BCUT2D eigenvalue weighted by Crippen LogP contribution is 2.33. The van der Waals surface area contributed by atoms with Gasteiger partial charge in [0.15, 0.2) is 4.80 Å². The number of halogens is 3. The van der Waals surface area contributed by atoms with E-state index in [1.165, 1.54) is 22.8 Å². The molecule has 3 heterocycles. The van der Waals surface area contributed by atoms with E-state index in [1.54, 1.807) is 26.0 Å². The third-order valence-corrected chi connectivity index (χ3v) is 7.79. The number of esters is 1. The normalized spacial score (nSPS) is 15.7. The third-order valence-electron chi connectivity index (χ3n) is 6.81. The van der Waals surface area contributed by atoms with Crippen LogP contribution in [-0.4, -0.2) is 17.1 Å². The molecule has 212 valence electrons. The van der Waals surface area contributed by atoms with Gasteiger partial charge in [-0.05, 0) is 55.2 Å². The van der Waals surface area contributed by atoms with Crippen LogP contribution in [0.1, 0.15) is 62.1 Å². The van der Waals surface area contributed by atoms with Crippen molar-refractivity contribution < 1.29 is 27.1 Å². The van der Waals surface area contributed by atoms with Crippen LogP contribution in [-0.2, 0) is 15.7 Å². The first-order valence-corrected chi connectivity index (χ1v) is 13.9. The molecule has 2 aromatic carbocycles. The first kappa shape index (κ1) is 28.4. The highest BCUT2D eigenvalue weighted by molar-refractivity contribution is 7.07. The van der Waals surface area contributed by atoms with Crippen LogP contribution in [0.2, 0.25) is 0 Å². The number of hydrogen-bond donors (Lipinski definition) is 0. The van der Waals surface area contributed by atoms with Crippen molar-refractivity contribution in [1.29, 1.82) is 0 Å². The molecule has 6 nitrogen and oxygen atoms in total. The van der Waals surface area contributed by atoms with Gasteiger partial charge in [0.25, 0.3) is 5.56 Å². The fraction of sp³-hybridized carbons (Fsp3) is 0.258. The van der Waals surface area contributed by atoms with E-state index in [0.717, 1.165) is 34.6 Å². The van der Waals surface area contributed by atoms with Gasteiger partial charge in [-0.25, -0.2) is 9.79 Å². The molecule has 10 heteroatoms. The molecule has 1 aliphatic rings. The number of furan rings is 1. The van der Waals surface area contributed by atoms with Gasteiger partial charge >= 0.3 is 12.1 Å². The molecule has 0 fully saturated rings. The Morgan fingerprint density at radius 1 is 1.15 bits per heavy atom. The van der Waals surface area contributed by atoms with Crippen LogP contribution in [0.25, 0.3) is 17.4 Å². The predicted octanol–water partition coefficient (Wildman–Crippen LogP) is 6.20. The van der Waals surface area contributed by atoms with Gasteiger partial charge in [-0.1, -0.05) is 61.6 Å². The van der Waals surface area contributed by atoms with E-state index >= 15 is 0 Å². The van der Waals surface area contributed by atoms with E-state index in [2.05, 4.69) is 18.8 Å². The van der Waals surface area contributed by atoms with Crippen molar-refractivity contribution in [3.63, 3.8) is 0 Å². The van der Waals surface area contributed by atoms with Crippen molar-refractivity contribution in [2.24, 2.45) is 4.99 Å². The highest BCUT2D eigenvalue weighted by atomic mass is 32.1. The van der Waals surface area contributed by atoms with Gasteiger partial charge < -0.3 is 9.15 Å². The Morgan fingerprint density at radius 3 is 2.54 bits per heavy atom. The van der Waals surface area contributed by atoms with Gasteiger partial charge in [-0.15, -0.1) is 0 Å². The van der Waals surface area contributed by atoms with Gasteiger partial charge in [0.2, 0.25) is 0 Å². The smallest absolute Gasteiger partial charge is 0.416 e. The van der Waals surface area contributed by atoms with E-state index in [4.69, 9.17) is 9.15 Å². The fourth-order valence-corrected chi connectivity index (χ4v) is 5.76. The number of carbonyl (C=O) groups excluding carboxylic acids is 1. The van der Waals surface area contributed by atoms with Crippen LogP contribution < -0.4 is 14.9 Å². The quantitative estimate of drug-likeness (QED) is 0.255. The van der Waals surface area contributed by atoms with E-state index in [0.29, 0.717) is 26.7 Å². The van der Waals surface area contributed by atoms with Crippen LogP contribution in [0, 0.1) is 0 Å². The Labute approximate surface area is 237 Å². The average Bonchev–Trinajstić information content (AvgIpc) is 3.52. The lowest BCUT2D eigenvalue weighted by molar-refractivity contribution is -0.139. The number of ether oxygens (including phenoxy) is 1. The molecule has 0 amide bonds. The maximum atomic E-state index is 13.8. The number of allylic oxidation sites excluding steroid dienone is 1. The first-order chi connectivity index (χ1) is 19.5. The Kier molecular flexibility index (Phi) is 7.61. The van der Waals surface area contributed by atoms with Crippen molar-refractivity contribution in [2.45, 2.75) is 45.8 Å². The standard InChI is InChI=1S/C31H27F3N2O4S/c1-5-39-29(38)26-18(4)35-30-36(27(26)20-11-9-19(10-12-20)17(2)3)28(37)25(41-30)16-23-13-14-24(40-23)21-7-6-8-22(15-21)31(32,33)34/h6-17,27H,5H2,1-4H3/b25-16-. The summed E-state index contributed by atoms with van der Waals surface area (Å²) in [5.41, 5.74) is 1.71. The maximum Gasteiger partial charge on any atom is 0.416 e. The van der Waals surface area contributed by atoms with Gasteiger partial charge in [0.05, 0.1) is 34.0 Å². The summed E-state index contributed by atoms with van der Waals surface area (Å²) < 4.78 is 52.5. The summed E-state index contributed by atoms with van der Waals surface area (Å²) >= 11 is 1.14. The van der Waals surface area contributed by atoms with Crippen LogP contribution in [0.3, 0.4) is 0 Å². The lowest BCUT2D eigenvalue weighted by atomic mass is 9.93. The predicted molar refractivity (Wildman–Crippen MR) is 150 cm³/mol. The van der Waals surface area contributed by atoms with Gasteiger partial charge in [0, 0.05) is 11.6 Å². The first-order valence-electron chi connectivity index (χ1n) is 13.0. The Hall–Kier alpha value is -4.18. The second-order valence-electron chi connectivity index (χ2n) is 9.90. The second-order valence-corrected chi connectivity index (χ2v) is 10.9. The lowest BCUT2D eigenvalue weighted by Crippen LogP contribution is -2.39. The van der Waals surface area contributed by atoms with E-state index in [9.17, 15) is 22.8 Å². The number of thiazole rings is 1. The Bertz CT molecular complexity index is 1830. The number of alkyl halides is 3. The zero-order valence-electron chi connectivity index (χ0n) is 22.8. The van der Waals surface area contributed by atoms with Crippen LogP contribution >= 0.6 is 11.3 Å². The molecular formula is C31H27F3N2O4S. The average molecular weight is 581 g/mol. The summed E-state index contributed by atoms with van der Waals surface area (Å²) in [7, 11) is 0. The molecule has 4 aromatic rings. The van der Waals surface area contributed by atoms with E-state index < -0.39 is 23.8 Å². The van der Waals surface area contributed by atoms with E-state index in [-0.39, 0.29) is 29.1 Å². The molecule has 0 N–H and O–H groups in total. The summed E-state index contributed by atoms with van der Waals surface area (Å²) in [5, 5.41) is 0. The Morgan fingerprint density at radius 2 is 1.88 bits per heavy atom. The molecule has 2 aromatic heterocycles. The summed E-state index contributed by atoms with van der Waals surface area (Å²) in [4.78, 5) is 31.8. The van der Waals surface area contributed by atoms with Crippen molar-refractivity contribution in [3.05, 3.63) is 114 Å². The van der Waals surface area contributed by atoms with Crippen molar-refractivity contribution >= 4 is 23.4 Å². The molecule has 0 saturated heterocycles. The van der Waals surface area contributed by atoms with Crippen molar-refractivity contribution in [3.8, 4) is 11.3 Å². The van der Waals surface area contributed by atoms with Crippen LogP contribution in [0.4, 0.5) is 13.2 Å². The summed E-state index contributed by atoms with van der Waals surface area (Å²) in [6.07, 6.45) is -2.95. The largest absolute Gasteiger partial charge is 0.463 e. The molecule has 0 radical (unpaired) electrons. The van der Waals surface area contributed by atoms with Crippen LogP contribution in [0.15, 0.2) is 86.1 Å². The number of nitrogens with zero attached hydrogens (tertiary/aromatic N) is 2. The van der Waals surface area contributed by atoms with Crippen LogP contribution in [0.5, 0.6) is 0 Å². The topological polar surface area (TPSA) is 73.8 Å². The SMILES string of the molecule is CCOC(=O)C1=C(C)N=c2s/c(=C\c3ccc(-c4cccc(C(F)(F)F)c4)o3)c(=O)n2C1c1ccc(C(C)C)cc1. The van der Waals surface area contributed by atoms with Gasteiger partial charge in [-0.2, -0.15) is 13.2 Å². The minimum absolute atomic E-state index is 0.172. The molecule has 1 unspecified atom stereocenters. The molecule has 0 aliphatic carbocycles.